The molecule has 0 aliphatic heterocycles. The molecule has 4 bridgehead atoms. The molecule has 5 fully saturated rings. The van der Waals surface area contributed by atoms with Crippen molar-refractivity contribution < 1.29 is 9.18 Å². The molecule has 0 aromatic rings. The molecule has 0 atom stereocenters. The summed E-state index contributed by atoms with van der Waals surface area (Å²) in [6, 6.07) is 0.238. The van der Waals surface area contributed by atoms with Gasteiger partial charge in [0.05, 0.1) is 0 Å². The van der Waals surface area contributed by atoms with Crippen LogP contribution in [-0.4, -0.2) is 18.1 Å². The minimum absolute atomic E-state index is 0.0404. The molecule has 0 aromatic heterocycles. The van der Waals surface area contributed by atoms with E-state index in [-0.39, 0.29) is 11.5 Å². The zero-order valence-corrected chi connectivity index (χ0v) is 12.2. The van der Waals surface area contributed by atoms with Crippen molar-refractivity contribution in [1.29, 1.82) is 0 Å². The van der Waals surface area contributed by atoms with Crippen LogP contribution in [0.2, 0.25) is 0 Å². The standard InChI is InChI=1S/C17H26FNO/c18-14-1-3-15(4-2-14)19-16(20)17-8-11-5-12(9-17)7-13(6-11)10-17/h11-15H,1-10H2,(H,19,20). The van der Waals surface area contributed by atoms with Crippen LogP contribution in [0.1, 0.15) is 64.2 Å². The van der Waals surface area contributed by atoms with Crippen LogP contribution in [-0.2, 0) is 4.79 Å². The molecule has 5 rings (SSSR count). The highest BCUT2D eigenvalue weighted by Gasteiger charge is 2.54. The Hall–Kier alpha value is -0.600. The monoisotopic (exact) mass is 279 g/mol. The summed E-state index contributed by atoms with van der Waals surface area (Å²) in [5, 5.41) is 3.29. The van der Waals surface area contributed by atoms with E-state index in [1.807, 2.05) is 0 Å². The molecule has 0 saturated heterocycles. The van der Waals surface area contributed by atoms with Gasteiger partial charge >= 0.3 is 0 Å². The third kappa shape index (κ3) is 2.17. The topological polar surface area (TPSA) is 29.1 Å². The highest BCUT2D eigenvalue weighted by atomic mass is 19.1. The summed E-state index contributed by atoms with van der Waals surface area (Å²) < 4.78 is 13.2. The molecule has 0 unspecified atom stereocenters. The first-order valence-electron chi connectivity index (χ1n) is 8.58. The van der Waals surface area contributed by atoms with Crippen molar-refractivity contribution in [3.8, 4) is 0 Å². The summed E-state index contributed by atoms with van der Waals surface area (Å²) in [5.74, 6) is 2.76. The van der Waals surface area contributed by atoms with Crippen LogP contribution in [0.3, 0.4) is 0 Å². The van der Waals surface area contributed by atoms with E-state index < -0.39 is 6.17 Å². The lowest BCUT2D eigenvalue weighted by molar-refractivity contribution is -0.147. The Morgan fingerprint density at radius 2 is 1.40 bits per heavy atom. The maximum absolute atomic E-state index is 13.2. The Kier molecular flexibility index (Phi) is 3.08. The molecule has 1 N–H and O–H groups in total. The van der Waals surface area contributed by atoms with Gasteiger partial charge in [0, 0.05) is 11.5 Å². The Balaban J connectivity index is 1.43. The molecule has 2 nitrogen and oxygen atoms in total. The van der Waals surface area contributed by atoms with Gasteiger partial charge in [-0.25, -0.2) is 4.39 Å². The molecule has 0 aromatic carbocycles. The van der Waals surface area contributed by atoms with Crippen LogP contribution in [0.5, 0.6) is 0 Å². The predicted octanol–water partition coefficient (Wildman–Crippen LogP) is 3.60. The number of alkyl halides is 1. The Morgan fingerprint density at radius 1 is 0.900 bits per heavy atom. The number of rotatable bonds is 2. The van der Waals surface area contributed by atoms with Gasteiger partial charge in [-0.1, -0.05) is 0 Å². The summed E-state index contributed by atoms with van der Waals surface area (Å²) in [6.45, 7) is 0. The van der Waals surface area contributed by atoms with Crippen molar-refractivity contribution >= 4 is 5.91 Å². The molecule has 3 heteroatoms. The van der Waals surface area contributed by atoms with Gasteiger partial charge in [0.15, 0.2) is 0 Å². The Labute approximate surface area is 120 Å². The van der Waals surface area contributed by atoms with Crippen molar-refractivity contribution in [2.24, 2.45) is 23.2 Å². The molecular weight excluding hydrogens is 253 g/mol. The van der Waals surface area contributed by atoms with E-state index in [4.69, 9.17) is 0 Å². The predicted molar refractivity (Wildman–Crippen MR) is 75.9 cm³/mol. The van der Waals surface area contributed by atoms with Gasteiger partial charge in [0.1, 0.15) is 6.17 Å². The number of hydrogen-bond acceptors (Lipinski definition) is 1. The lowest BCUT2D eigenvalue weighted by Crippen LogP contribution is -2.55. The first-order chi connectivity index (χ1) is 9.63. The van der Waals surface area contributed by atoms with Crippen LogP contribution in [0, 0.1) is 23.2 Å². The number of nitrogens with one attached hydrogen (secondary N) is 1. The van der Waals surface area contributed by atoms with Gasteiger partial charge in [-0.2, -0.15) is 0 Å². The molecule has 5 saturated carbocycles. The maximum atomic E-state index is 13.2. The smallest absolute Gasteiger partial charge is 0.226 e. The highest BCUT2D eigenvalue weighted by molar-refractivity contribution is 5.83. The summed E-state index contributed by atoms with van der Waals surface area (Å²) in [5.41, 5.74) is -0.0404. The normalized spacial score (nSPS) is 50.1. The van der Waals surface area contributed by atoms with E-state index in [0.29, 0.717) is 18.7 Å². The number of carbonyl (C=O) groups excluding carboxylic acids is 1. The lowest BCUT2D eigenvalue weighted by Gasteiger charge is -2.56. The lowest BCUT2D eigenvalue weighted by atomic mass is 9.49. The summed E-state index contributed by atoms with van der Waals surface area (Å²) in [7, 11) is 0. The van der Waals surface area contributed by atoms with Crippen LogP contribution in [0.4, 0.5) is 4.39 Å². The highest BCUT2D eigenvalue weighted by Crippen LogP contribution is 2.60. The summed E-state index contributed by atoms with van der Waals surface area (Å²) in [6.07, 6.45) is 9.80. The van der Waals surface area contributed by atoms with E-state index in [1.165, 1.54) is 19.3 Å². The van der Waals surface area contributed by atoms with E-state index in [1.54, 1.807) is 0 Å². The van der Waals surface area contributed by atoms with E-state index >= 15 is 0 Å². The second-order valence-electron chi connectivity index (χ2n) is 8.12. The molecule has 20 heavy (non-hydrogen) atoms. The van der Waals surface area contributed by atoms with Crippen molar-refractivity contribution in [3.05, 3.63) is 0 Å². The van der Waals surface area contributed by atoms with Crippen molar-refractivity contribution in [1.82, 2.24) is 5.32 Å². The molecule has 0 heterocycles. The number of carbonyl (C=O) groups is 1. The van der Waals surface area contributed by atoms with Gasteiger partial charge in [-0.05, 0) is 82.0 Å². The minimum Gasteiger partial charge on any atom is -0.353 e. The van der Waals surface area contributed by atoms with Crippen LogP contribution < -0.4 is 5.32 Å². The summed E-state index contributed by atoms with van der Waals surface area (Å²) in [4.78, 5) is 12.8. The summed E-state index contributed by atoms with van der Waals surface area (Å²) >= 11 is 0. The molecule has 5 aliphatic rings. The average Bonchev–Trinajstić information content (AvgIpc) is 2.40. The first kappa shape index (κ1) is 13.1. The quantitative estimate of drug-likeness (QED) is 0.822. The maximum Gasteiger partial charge on any atom is 0.226 e. The fourth-order valence-corrected chi connectivity index (χ4v) is 5.92. The van der Waals surface area contributed by atoms with E-state index in [2.05, 4.69) is 5.32 Å². The molecule has 5 aliphatic carbocycles. The second kappa shape index (κ2) is 4.71. The Bertz CT molecular complexity index is 365. The molecular formula is C17H26FNO. The zero-order chi connectivity index (χ0) is 13.7. The number of hydrogen-bond donors (Lipinski definition) is 1. The van der Waals surface area contributed by atoms with Gasteiger partial charge in [-0.3, -0.25) is 4.79 Å². The van der Waals surface area contributed by atoms with Gasteiger partial charge in [0.2, 0.25) is 5.91 Å². The minimum atomic E-state index is -0.636. The molecule has 0 spiro atoms. The fraction of sp³-hybridized carbons (Fsp3) is 0.941. The zero-order valence-electron chi connectivity index (χ0n) is 12.2. The third-order valence-electron chi connectivity index (χ3n) is 6.51. The fourth-order valence-electron chi connectivity index (χ4n) is 5.92. The molecule has 1 amide bonds. The van der Waals surface area contributed by atoms with Crippen molar-refractivity contribution in [2.75, 3.05) is 0 Å². The van der Waals surface area contributed by atoms with Crippen molar-refractivity contribution in [2.45, 2.75) is 76.4 Å². The van der Waals surface area contributed by atoms with Crippen molar-refractivity contribution in [3.63, 3.8) is 0 Å². The second-order valence-corrected chi connectivity index (χ2v) is 8.12. The molecule has 0 radical (unpaired) electrons. The van der Waals surface area contributed by atoms with Crippen LogP contribution in [0.25, 0.3) is 0 Å². The third-order valence-corrected chi connectivity index (χ3v) is 6.51. The Morgan fingerprint density at radius 3 is 1.90 bits per heavy atom. The van der Waals surface area contributed by atoms with E-state index in [0.717, 1.165) is 49.9 Å². The average molecular weight is 279 g/mol. The van der Waals surface area contributed by atoms with Crippen LogP contribution in [0.15, 0.2) is 0 Å². The van der Waals surface area contributed by atoms with Gasteiger partial charge in [0.25, 0.3) is 0 Å². The first-order valence-corrected chi connectivity index (χ1v) is 8.58. The molecule has 112 valence electrons. The largest absolute Gasteiger partial charge is 0.353 e. The van der Waals surface area contributed by atoms with E-state index in [9.17, 15) is 9.18 Å². The number of amides is 1. The van der Waals surface area contributed by atoms with Crippen LogP contribution >= 0.6 is 0 Å². The SMILES string of the molecule is O=C(NC1CCC(F)CC1)C12CC3CC(CC(C3)C1)C2. The van der Waals surface area contributed by atoms with Gasteiger partial charge < -0.3 is 5.32 Å². The number of halogens is 1. The van der Waals surface area contributed by atoms with Gasteiger partial charge in [-0.15, -0.1) is 0 Å².